The number of nitrogens with zero attached hydrogens (tertiary/aromatic N) is 1. The highest BCUT2D eigenvalue weighted by atomic mass is 79.9. The fourth-order valence-electron chi connectivity index (χ4n) is 2.60. The van der Waals surface area contributed by atoms with Crippen molar-refractivity contribution < 1.29 is 4.79 Å². The summed E-state index contributed by atoms with van der Waals surface area (Å²) >= 11 is 3.50. The molecule has 1 fully saturated rings. The molecule has 1 aromatic carbocycles. The minimum absolute atomic E-state index is 0. The van der Waals surface area contributed by atoms with Crippen molar-refractivity contribution in [1.29, 1.82) is 0 Å². The highest BCUT2D eigenvalue weighted by molar-refractivity contribution is 9.10. The van der Waals surface area contributed by atoms with Gasteiger partial charge in [-0.2, -0.15) is 0 Å². The van der Waals surface area contributed by atoms with Crippen molar-refractivity contribution in [2.24, 2.45) is 5.92 Å². The van der Waals surface area contributed by atoms with Crippen LogP contribution < -0.4 is 5.32 Å². The van der Waals surface area contributed by atoms with Gasteiger partial charge in [-0.05, 0) is 56.5 Å². The molecule has 1 aliphatic heterocycles. The highest BCUT2D eigenvalue weighted by Crippen LogP contribution is 2.21. The fourth-order valence-corrected chi connectivity index (χ4v) is 2.98. The first kappa shape index (κ1) is 18.5. The number of piperidine rings is 1. The van der Waals surface area contributed by atoms with E-state index in [0.29, 0.717) is 5.92 Å². The molecule has 1 aliphatic rings. The van der Waals surface area contributed by atoms with E-state index in [9.17, 15) is 4.79 Å². The van der Waals surface area contributed by atoms with E-state index in [4.69, 9.17) is 0 Å². The van der Waals surface area contributed by atoms with E-state index >= 15 is 0 Å². The zero-order valence-corrected chi connectivity index (χ0v) is 15.1. The van der Waals surface area contributed by atoms with Crippen LogP contribution in [0.1, 0.15) is 35.7 Å². The molecule has 3 nitrogen and oxygen atoms in total. The summed E-state index contributed by atoms with van der Waals surface area (Å²) in [5, 5.41) is 3.40. The number of carbonyl (C=O) groups excluding carboxylic acids is 1. The van der Waals surface area contributed by atoms with Crippen molar-refractivity contribution in [3.05, 3.63) is 33.8 Å². The van der Waals surface area contributed by atoms with Gasteiger partial charge < -0.3 is 10.2 Å². The zero-order chi connectivity index (χ0) is 14.5. The van der Waals surface area contributed by atoms with Gasteiger partial charge in [-0.25, -0.2) is 0 Å². The third kappa shape index (κ3) is 4.97. The molecule has 0 unspecified atom stereocenters. The quantitative estimate of drug-likeness (QED) is 0.871. The van der Waals surface area contributed by atoms with E-state index in [-0.39, 0.29) is 18.3 Å². The van der Waals surface area contributed by atoms with Crippen molar-refractivity contribution in [1.82, 2.24) is 10.2 Å². The number of rotatable bonds is 4. The third-order valence-electron chi connectivity index (χ3n) is 4.00. The van der Waals surface area contributed by atoms with Crippen LogP contribution in [0.4, 0.5) is 0 Å². The number of nitrogens with one attached hydrogen (secondary N) is 1. The van der Waals surface area contributed by atoms with Crippen LogP contribution in [0.25, 0.3) is 0 Å². The molecule has 0 saturated carbocycles. The Morgan fingerprint density at radius 2 is 2.05 bits per heavy atom. The smallest absolute Gasteiger partial charge is 0.253 e. The van der Waals surface area contributed by atoms with Crippen molar-refractivity contribution in [3.63, 3.8) is 0 Å². The highest BCUT2D eigenvalue weighted by Gasteiger charge is 2.23. The summed E-state index contributed by atoms with van der Waals surface area (Å²) in [6, 6.07) is 5.85. The van der Waals surface area contributed by atoms with Crippen molar-refractivity contribution in [3.8, 4) is 0 Å². The van der Waals surface area contributed by atoms with Gasteiger partial charge in [0.05, 0.1) is 0 Å². The van der Waals surface area contributed by atoms with Gasteiger partial charge in [0, 0.05) is 23.1 Å². The SMILES string of the molecule is CCNCC1CCN(C(=O)c2ccc(C)c(Br)c2)CC1.Cl. The van der Waals surface area contributed by atoms with E-state index in [1.807, 2.05) is 30.0 Å². The predicted molar refractivity (Wildman–Crippen MR) is 93.3 cm³/mol. The molecule has 2 rings (SSSR count). The van der Waals surface area contributed by atoms with Crippen molar-refractivity contribution in [2.75, 3.05) is 26.2 Å². The second kappa shape index (κ2) is 8.76. The van der Waals surface area contributed by atoms with E-state index in [0.717, 1.165) is 54.6 Å². The second-order valence-electron chi connectivity index (χ2n) is 5.51. The molecule has 1 saturated heterocycles. The molecular formula is C16H24BrClN2O. The number of benzene rings is 1. The van der Waals surface area contributed by atoms with Crippen LogP contribution in [-0.2, 0) is 0 Å². The van der Waals surface area contributed by atoms with Gasteiger partial charge in [0.15, 0.2) is 0 Å². The van der Waals surface area contributed by atoms with Gasteiger partial charge >= 0.3 is 0 Å². The summed E-state index contributed by atoms with van der Waals surface area (Å²) in [7, 11) is 0. The lowest BCUT2D eigenvalue weighted by molar-refractivity contribution is 0.0690. The topological polar surface area (TPSA) is 32.3 Å². The maximum Gasteiger partial charge on any atom is 0.253 e. The molecule has 0 spiro atoms. The van der Waals surface area contributed by atoms with Gasteiger partial charge in [0.25, 0.3) is 5.91 Å². The summed E-state index contributed by atoms with van der Waals surface area (Å²) in [5.74, 6) is 0.872. The molecule has 0 aliphatic carbocycles. The molecule has 0 atom stereocenters. The lowest BCUT2D eigenvalue weighted by Crippen LogP contribution is -2.40. The van der Waals surface area contributed by atoms with E-state index in [2.05, 4.69) is 28.2 Å². The van der Waals surface area contributed by atoms with Crippen LogP contribution in [-0.4, -0.2) is 37.0 Å². The second-order valence-corrected chi connectivity index (χ2v) is 6.36. The van der Waals surface area contributed by atoms with Crippen molar-refractivity contribution in [2.45, 2.75) is 26.7 Å². The van der Waals surface area contributed by atoms with E-state index in [1.54, 1.807) is 0 Å². The summed E-state index contributed by atoms with van der Waals surface area (Å²) in [5.41, 5.74) is 1.94. The maximum atomic E-state index is 12.5. The largest absolute Gasteiger partial charge is 0.339 e. The molecule has 1 N–H and O–H groups in total. The first-order valence-corrected chi connectivity index (χ1v) is 8.17. The molecule has 118 valence electrons. The molecule has 1 heterocycles. The average molecular weight is 376 g/mol. The summed E-state index contributed by atoms with van der Waals surface area (Å²) < 4.78 is 1.00. The summed E-state index contributed by atoms with van der Waals surface area (Å²) in [4.78, 5) is 14.5. The summed E-state index contributed by atoms with van der Waals surface area (Å²) in [6.07, 6.45) is 2.21. The van der Waals surface area contributed by atoms with Crippen LogP contribution in [0.3, 0.4) is 0 Å². The molecule has 0 radical (unpaired) electrons. The van der Waals surface area contributed by atoms with Crippen LogP contribution in [0.15, 0.2) is 22.7 Å². The number of amides is 1. The Morgan fingerprint density at radius 3 is 2.62 bits per heavy atom. The Labute approximate surface area is 142 Å². The standard InChI is InChI=1S/C16H23BrN2O.ClH/c1-3-18-11-13-6-8-19(9-7-13)16(20)14-5-4-12(2)15(17)10-14;/h4-5,10,13,18H,3,6-9,11H2,1-2H3;1H. The van der Waals surface area contributed by atoms with Crippen LogP contribution in [0, 0.1) is 12.8 Å². The van der Waals surface area contributed by atoms with Gasteiger partial charge in [-0.3, -0.25) is 4.79 Å². The molecule has 0 bridgehead atoms. The molecule has 0 aromatic heterocycles. The molecule has 1 amide bonds. The number of likely N-dealkylation sites (tertiary alicyclic amines) is 1. The van der Waals surface area contributed by atoms with Gasteiger partial charge in [0.1, 0.15) is 0 Å². The predicted octanol–water partition coefficient (Wildman–Crippen LogP) is 3.64. The number of carbonyl (C=O) groups is 1. The first-order valence-electron chi connectivity index (χ1n) is 7.38. The number of aryl methyl sites for hydroxylation is 1. The van der Waals surface area contributed by atoms with Crippen LogP contribution in [0.5, 0.6) is 0 Å². The Balaban J connectivity index is 0.00000220. The molecule has 1 aromatic rings. The monoisotopic (exact) mass is 374 g/mol. The van der Waals surface area contributed by atoms with Gasteiger partial charge in [-0.15, -0.1) is 12.4 Å². The van der Waals surface area contributed by atoms with E-state index in [1.165, 1.54) is 0 Å². The van der Waals surface area contributed by atoms with Crippen molar-refractivity contribution >= 4 is 34.2 Å². The Morgan fingerprint density at radius 1 is 1.38 bits per heavy atom. The molecular weight excluding hydrogens is 352 g/mol. The third-order valence-corrected chi connectivity index (χ3v) is 4.86. The Kier molecular flexibility index (Phi) is 7.71. The Bertz CT molecular complexity index is 473. The number of halogens is 2. The molecule has 21 heavy (non-hydrogen) atoms. The van der Waals surface area contributed by atoms with Gasteiger partial charge in [0.2, 0.25) is 0 Å². The minimum atomic E-state index is 0. The van der Waals surface area contributed by atoms with E-state index < -0.39 is 0 Å². The maximum absolute atomic E-state index is 12.5. The lowest BCUT2D eigenvalue weighted by Gasteiger charge is -2.32. The average Bonchev–Trinajstić information content (AvgIpc) is 2.48. The fraction of sp³-hybridized carbons (Fsp3) is 0.562. The van der Waals surface area contributed by atoms with Crippen LogP contribution in [0.2, 0.25) is 0 Å². The number of hydrogen-bond donors (Lipinski definition) is 1. The normalized spacial score (nSPS) is 15.7. The molecule has 5 heteroatoms. The lowest BCUT2D eigenvalue weighted by atomic mass is 9.96. The van der Waals surface area contributed by atoms with Crippen LogP contribution >= 0.6 is 28.3 Å². The summed E-state index contributed by atoms with van der Waals surface area (Å²) in [6.45, 7) is 8.02. The minimum Gasteiger partial charge on any atom is -0.339 e. The number of hydrogen-bond acceptors (Lipinski definition) is 2. The zero-order valence-electron chi connectivity index (χ0n) is 12.7. The Hall–Kier alpha value is -0.580. The van der Waals surface area contributed by atoms with Gasteiger partial charge in [-0.1, -0.05) is 28.9 Å². The first-order chi connectivity index (χ1) is 9.61.